The van der Waals surface area contributed by atoms with Crippen molar-refractivity contribution < 1.29 is 0 Å². The Balaban J connectivity index is 1.38. The van der Waals surface area contributed by atoms with Crippen molar-refractivity contribution in [1.82, 2.24) is 4.98 Å². The number of nitrogens with zero attached hydrogens (tertiary/aromatic N) is 1. The lowest BCUT2D eigenvalue weighted by molar-refractivity contribution is 0.660. The molecule has 8 aromatic rings. The SMILES string of the molecule is Cc1ccc2cc(-c3c4ccccc4c(-c4ccc5c(c4)-c4ccccc4C5(C)C)c4cc(-c5ccccc5)ccc34)ccc2n1. The first-order valence-electron chi connectivity index (χ1n) is 16.1. The van der Waals surface area contributed by atoms with Crippen LogP contribution in [0.15, 0.2) is 146 Å². The van der Waals surface area contributed by atoms with Gasteiger partial charge in [-0.3, -0.25) is 4.98 Å². The molecular formula is C45H33N. The van der Waals surface area contributed by atoms with Crippen LogP contribution in [0.3, 0.4) is 0 Å². The third-order valence-electron chi connectivity index (χ3n) is 10.1. The third-order valence-corrected chi connectivity index (χ3v) is 10.1. The molecule has 0 spiro atoms. The topological polar surface area (TPSA) is 12.9 Å². The molecule has 1 heterocycles. The number of pyridine rings is 1. The van der Waals surface area contributed by atoms with E-state index in [2.05, 4.69) is 166 Å². The molecule has 0 fully saturated rings. The van der Waals surface area contributed by atoms with Crippen LogP contribution in [0.5, 0.6) is 0 Å². The minimum Gasteiger partial charge on any atom is -0.253 e. The smallest absolute Gasteiger partial charge is 0.0705 e. The summed E-state index contributed by atoms with van der Waals surface area (Å²) in [6.45, 7) is 6.75. The second-order valence-corrected chi connectivity index (χ2v) is 13.2. The molecule has 0 unspecified atom stereocenters. The van der Waals surface area contributed by atoms with Gasteiger partial charge in [-0.05, 0) is 114 Å². The Kier molecular flexibility index (Phi) is 5.83. The van der Waals surface area contributed by atoms with Gasteiger partial charge in [0.2, 0.25) is 0 Å². The molecule has 0 N–H and O–H groups in total. The molecule has 46 heavy (non-hydrogen) atoms. The molecule has 0 radical (unpaired) electrons. The molecule has 0 saturated heterocycles. The Bertz CT molecular complexity index is 2500. The molecule has 0 amide bonds. The number of aromatic nitrogens is 1. The molecule has 1 heteroatoms. The lowest BCUT2D eigenvalue weighted by atomic mass is 9.81. The van der Waals surface area contributed by atoms with Gasteiger partial charge < -0.3 is 0 Å². The predicted molar refractivity (Wildman–Crippen MR) is 195 cm³/mol. The third kappa shape index (κ3) is 3.98. The largest absolute Gasteiger partial charge is 0.253 e. The standard InChI is InChI=1S/C45H33N/c1-28-17-18-31-25-32(21-24-42(31)46-28)43-35-14-7-8-15-36(35)44(39-26-30(19-22-37(39)43)29-11-5-4-6-12-29)33-20-23-41-38(27-33)34-13-9-10-16-40(34)45(41,2)3/h4-27H,1-3H3. The summed E-state index contributed by atoms with van der Waals surface area (Å²) in [7, 11) is 0. The van der Waals surface area contributed by atoms with Crippen LogP contribution in [-0.2, 0) is 5.41 Å². The van der Waals surface area contributed by atoms with Crippen molar-refractivity contribution in [3.8, 4) is 44.5 Å². The first-order chi connectivity index (χ1) is 22.5. The van der Waals surface area contributed by atoms with Crippen molar-refractivity contribution in [2.45, 2.75) is 26.2 Å². The Hall–Kier alpha value is -5.53. The van der Waals surface area contributed by atoms with E-state index >= 15 is 0 Å². The van der Waals surface area contributed by atoms with Crippen molar-refractivity contribution >= 4 is 32.4 Å². The van der Waals surface area contributed by atoms with E-state index in [0.717, 1.165) is 16.6 Å². The summed E-state index contributed by atoms with van der Waals surface area (Å²) in [5.74, 6) is 0. The van der Waals surface area contributed by atoms with Crippen LogP contribution in [-0.4, -0.2) is 4.98 Å². The van der Waals surface area contributed by atoms with Crippen molar-refractivity contribution in [2.24, 2.45) is 0 Å². The van der Waals surface area contributed by atoms with Gasteiger partial charge in [-0.15, -0.1) is 0 Å². The fourth-order valence-electron chi connectivity index (χ4n) is 7.87. The molecule has 7 aromatic carbocycles. The van der Waals surface area contributed by atoms with Crippen molar-refractivity contribution in [1.29, 1.82) is 0 Å². The highest BCUT2D eigenvalue weighted by molar-refractivity contribution is 6.22. The van der Waals surface area contributed by atoms with Crippen LogP contribution in [0.1, 0.15) is 30.7 Å². The Morgan fingerprint density at radius 2 is 1.07 bits per heavy atom. The summed E-state index contributed by atoms with van der Waals surface area (Å²) in [4.78, 5) is 4.79. The van der Waals surface area contributed by atoms with Gasteiger partial charge in [0.05, 0.1) is 5.52 Å². The lowest BCUT2D eigenvalue weighted by Gasteiger charge is -2.22. The summed E-state index contributed by atoms with van der Waals surface area (Å²) in [6.07, 6.45) is 0. The number of rotatable bonds is 3. The fourth-order valence-corrected chi connectivity index (χ4v) is 7.87. The van der Waals surface area contributed by atoms with Crippen LogP contribution in [0, 0.1) is 6.92 Å². The first kappa shape index (κ1) is 26.8. The van der Waals surface area contributed by atoms with Gasteiger partial charge in [-0.1, -0.05) is 129 Å². The molecule has 1 aromatic heterocycles. The summed E-state index contributed by atoms with van der Waals surface area (Å²) in [5, 5.41) is 6.21. The van der Waals surface area contributed by atoms with Crippen LogP contribution in [0.4, 0.5) is 0 Å². The van der Waals surface area contributed by atoms with Crippen molar-refractivity contribution in [3.63, 3.8) is 0 Å². The van der Waals surface area contributed by atoms with Crippen LogP contribution < -0.4 is 0 Å². The summed E-state index contributed by atoms with van der Waals surface area (Å²) in [5.41, 5.74) is 15.0. The van der Waals surface area contributed by atoms with Gasteiger partial charge in [0.25, 0.3) is 0 Å². The Labute approximate surface area is 269 Å². The van der Waals surface area contributed by atoms with E-state index < -0.39 is 0 Å². The molecule has 1 aliphatic rings. The van der Waals surface area contributed by atoms with Crippen LogP contribution in [0.2, 0.25) is 0 Å². The molecule has 0 aliphatic heterocycles. The maximum Gasteiger partial charge on any atom is 0.0705 e. The van der Waals surface area contributed by atoms with Gasteiger partial charge in [0.1, 0.15) is 0 Å². The first-order valence-corrected chi connectivity index (χ1v) is 16.1. The average molecular weight is 588 g/mol. The molecular weight excluding hydrogens is 555 g/mol. The van der Waals surface area contributed by atoms with Crippen LogP contribution in [0.25, 0.3) is 77.0 Å². The molecule has 9 rings (SSSR count). The highest BCUT2D eigenvalue weighted by Crippen LogP contribution is 2.51. The summed E-state index contributed by atoms with van der Waals surface area (Å²) >= 11 is 0. The van der Waals surface area contributed by atoms with E-state index in [9.17, 15) is 0 Å². The van der Waals surface area contributed by atoms with E-state index in [4.69, 9.17) is 4.98 Å². The van der Waals surface area contributed by atoms with E-state index in [1.807, 2.05) is 0 Å². The van der Waals surface area contributed by atoms with E-state index in [1.165, 1.54) is 77.2 Å². The van der Waals surface area contributed by atoms with Crippen molar-refractivity contribution in [2.75, 3.05) is 0 Å². The number of hydrogen-bond donors (Lipinski definition) is 0. The van der Waals surface area contributed by atoms with Gasteiger partial charge in [0.15, 0.2) is 0 Å². The molecule has 0 atom stereocenters. The van der Waals surface area contributed by atoms with Crippen LogP contribution >= 0.6 is 0 Å². The number of aryl methyl sites for hydroxylation is 1. The number of fused-ring (bicyclic) bond motifs is 6. The minimum atomic E-state index is -0.0254. The number of benzene rings is 7. The minimum absolute atomic E-state index is 0.0254. The van der Waals surface area contributed by atoms with E-state index in [1.54, 1.807) is 0 Å². The fraction of sp³-hybridized carbons (Fsp3) is 0.0889. The van der Waals surface area contributed by atoms with E-state index in [0.29, 0.717) is 0 Å². The molecule has 0 saturated carbocycles. The van der Waals surface area contributed by atoms with Gasteiger partial charge >= 0.3 is 0 Å². The zero-order valence-electron chi connectivity index (χ0n) is 26.3. The molecule has 218 valence electrons. The zero-order valence-corrected chi connectivity index (χ0v) is 26.3. The maximum absolute atomic E-state index is 4.79. The van der Waals surface area contributed by atoms with Gasteiger partial charge in [0, 0.05) is 16.5 Å². The Morgan fingerprint density at radius 1 is 0.435 bits per heavy atom. The highest BCUT2D eigenvalue weighted by atomic mass is 14.7. The average Bonchev–Trinajstić information content (AvgIpc) is 3.32. The second-order valence-electron chi connectivity index (χ2n) is 13.2. The highest BCUT2D eigenvalue weighted by Gasteiger charge is 2.35. The van der Waals surface area contributed by atoms with Gasteiger partial charge in [-0.2, -0.15) is 0 Å². The van der Waals surface area contributed by atoms with Crippen molar-refractivity contribution in [3.05, 3.63) is 162 Å². The summed E-state index contributed by atoms with van der Waals surface area (Å²) in [6, 6.07) is 53.8. The predicted octanol–water partition coefficient (Wildman–Crippen LogP) is 12.2. The maximum atomic E-state index is 4.79. The Morgan fingerprint density at radius 3 is 1.89 bits per heavy atom. The second kappa shape index (κ2) is 9.99. The number of hydrogen-bond acceptors (Lipinski definition) is 1. The zero-order chi connectivity index (χ0) is 31.0. The quantitative estimate of drug-likeness (QED) is 0.187. The molecule has 0 bridgehead atoms. The monoisotopic (exact) mass is 587 g/mol. The van der Waals surface area contributed by atoms with Gasteiger partial charge in [-0.25, -0.2) is 0 Å². The van der Waals surface area contributed by atoms with E-state index in [-0.39, 0.29) is 5.41 Å². The normalized spacial score (nSPS) is 13.3. The summed E-state index contributed by atoms with van der Waals surface area (Å²) < 4.78 is 0. The molecule has 1 aliphatic carbocycles. The molecule has 1 nitrogen and oxygen atoms in total. The lowest BCUT2D eigenvalue weighted by Crippen LogP contribution is -2.14.